The minimum absolute atomic E-state index is 0.150. The summed E-state index contributed by atoms with van der Waals surface area (Å²) in [5, 5.41) is 15.0. The number of methoxy groups -OCH3 is 1. The van der Waals surface area contributed by atoms with Crippen molar-refractivity contribution in [3.63, 3.8) is 0 Å². The van der Waals surface area contributed by atoms with E-state index in [-0.39, 0.29) is 36.3 Å². The zero-order valence-electron chi connectivity index (χ0n) is 13.6. The molecule has 0 unspecified atom stereocenters. The normalized spacial score (nSPS) is 13.1. The predicted molar refractivity (Wildman–Crippen MR) is 89.2 cm³/mol. The van der Waals surface area contributed by atoms with Crippen molar-refractivity contribution in [3.05, 3.63) is 65.5 Å². The Hall–Kier alpha value is -2.60. The largest absolute Gasteiger partial charge is 0.508 e. The standard InChI is InChI=1S/C18H21FN2O3/c1-12(14-4-3-5-16(22)10-14)21-18(23)20-11-17(24-2)13-6-8-15(19)9-7-13/h3-10,12,17,22H,11H2,1-2H3,(H2,20,21,23)/t12-,17+/m0/s1. The molecule has 0 heterocycles. The Morgan fingerprint density at radius 2 is 1.92 bits per heavy atom. The molecule has 2 aromatic carbocycles. The van der Waals surface area contributed by atoms with E-state index in [1.54, 1.807) is 30.3 Å². The van der Waals surface area contributed by atoms with Crippen LogP contribution in [0.3, 0.4) is 0 Å². The van der Waals surface area contributed by atoms with E-state index < -0.39 is 0 Å². The SMILES string of the molecule is CO[C@H](CNC(=O)N[C@@H](C)c1cccc(O)c1)c1ccc(F)cc1. The van der Waals surface area contributed by atoms with Gasteiger partial charge in [0.15, 0.2) is 0 Å². The van der Waals surface area contributed by atoms with Crippen molar-refractivity contribution in [1.29, 1.82) is 0 Å². The Morgan fingerprint density at radius 3 is 2.54 bits per heavy atom. The summed E-state index contributed by atoms with van der Waals surface area (Å²) in [6.07, 6.45) is -0.368. The molecule has 0 aliphatic carbocycles. The lowest BCUT2D eigenvalue weighted by Crippen LogP contribution is -2.39. The van der Waals surface area contributed by atoms with Crippen LogP contribution in [0.1, 0.15) is 30.2 Å². The fourth-order valence-corrected chi connectivity index (χ4v) is 2.33. The number of hydrogen-bond donors (Lipinski definition) is 3. The van der Waals surface area contributed by atoms with Crippen LogP contribution in [-0.4, -0.2) is 24.8 Å². The molecule has 0 aliphatic heterocycles. The van der Waals surface area contributed by atoms with Gasteiger partial charge in [0.05, 0.1) is 12.1 Å². The first kappa shape index (κ1) is 17.7. The summed E-state index contributed by atoms with van der Waals surface area (Å²) in [6, 6.07) is 12.0. The molecule has 0 aliphatic rings. The fourth-order valence-electron chi connectivity index (χ4n) is 2.33. The molecule has 3 N–H and O–H groups in total. The van der Waals surface area contributed by atoms with Gasteiger partial charge in [0.25, 0.3) is 0 Å². The van der Waals surface area contributed by atoms with Gasteiger partial charge in [-0.3, -0.25) is 0 Å². The summed E-state index contributed by atoms with van der Waals surface area (Å²) in [4.78, 5) is 12.0. The lowest BCUT2D eigenvalue weighted by atomic mass is 10.1. The molecule has 0 radical (unpaired) electrons. The zero-order valence-corrected chi connectivity index (χ0v) is 13.6. The van der Waals surface area contributed by atoms with Gasteiger partial charge in [-0.25, -0.2) is 9.18 Å². The van der Waals surface area contributed by atoms with E-state index in [1.165, 1.54) is 19.2 Å². The zero-order chi connectivity index (χ0) is 17.5. The second kappa shape index (κ2) is 8.31. The van der Waals surface area contributed by atoms with Crippen molar-refractivity contribution < 1.29 is 19.0 Å². The molecular formula is C18H21FN2O3. The molecule has 2 rings (SSSR count). The molecule has 2 aromatic rings. The van der Waals surface area contributed by atoms with Crippen molar-refractivity contribution >= 4 is 6.03 Å². The third-order valence-electron chi connectivity index (χ3n) is 3.69. The quantitative estimate of drug-likeness (QED) is 0.760. The Balaban J connectivity index is 1.88. The topological polar surface area (TPSA) is 70.6 Å². The lowest BCUT2D eigenvalue weighted by Gasteiger charge is -2.19. The van der Waals surface area contributed by atoms with Gasteiger partial charge in [0, 0.05) is 13.7 Å². The molecule has 5 nitrogen and oxygen atoms in total. The number of phenols is 1. The fraction of sp³-hybridized carbons (Fsp3) is 0.278. The molecule has 24 heavy (non-hydrogen) atoms. The number of phenolic OH excluding ortho intramolecular Hbond substituents is 1. The summed E-state index contributed by atoms with van der Waals surface area (Å²) < 4.78 is 18.3. The lowest BCUT2D eigenvalue weighted by molar-refractivity contribution is 0.104. The van der Waals surface area contributed by atoms with E-state index in [0.717, 1.165) is 11.1 Å². The maximum absolute atomic E-state index is 13.0. The first-order chi connectivity index (χ1) is 11.5. The van der Waals surface area contributed by atoms with E-state index in [4.69, 9.17) is 4.74 Å². The summed E-state index contributed by atoms with van der Waals surface area (Å²) in [7, 11) is 1.53. The highest BCUT2D eigenvalue weighted by molar-refractivity contribution is 5.74. The monoisotopic (exact) mass is 332 g/mol. The van der Waals surface area contributed by atoms with Crippen LogP contribution in [0.5, 0.6) is 5.75 Å². The molecule has 0 aromatic heterocycles. The van der Waals surface area contributed by atoms with Crippen LogP contribution >= 0.6 is 0 Å². The maximum Gasteiger partial charge on any atom is 0.315 e. The van der Waals surface area contributed by atoms with E-state index in [2.05, 4.69) is 10.6 Å². The molecule has 0 fully saturated rings. The summed E-state index contributed by atoms with van der Waals surface area (Å²) in [5.41, 5.74) is 1.58. The summed E-state index contributed by atoms with van der Waals surface area (Å²) >= 11 is 0. The van der Waals surface area contributed by atoms with Crippen molar-refractivity contribution in [2.75, 3.05) is 13.7 Å². The highest BCUT2D eigenvalue weighted by atomic mass is 19.1. The second-order valence-corrected chi connectivity index (χ2v) is 5.45. The van der Waals surface area contributed by atoms with Crippen molar-refractivity contribution in [1.82, 2.24) is 10.6 Å². The predicted octanol–water partition coefficient (Wildman–Crippen LogP) is 3.28. The average Bonchev–Trinajstić information content (AvgIpc) is 2.57. The minimum atomic E-state index is -0.368. The molecule has 128 valence electrons. The molecule has 0 saturated carbocycles. The number of halogens is 1. The van der Waals surface area contributed by atoms with Gasteiger partial charge in [-0.2, -0.15) is 0 Å². The van der Waals surface area contributed by atoms with Crippen LogP contribution in [-0.2, 0) is 4.74 Å². The Kier molecular flexibility index (Phi) is 6.14. The summed E-state index contributed by atoms with van der Waals surface area (Å²) in [5.74, 6) is -0.170. The van der Waals surface area contributed by atoms with Gasteiger partial charge < -0.3 is 20.5 Å². The highest BCUT2D eigenvalue weighted by Crippen LogP contribution is 2.18. The Bertz CT molecular complexity index is 676. The van der Waals surface area contributed by atoms with Crippen molar-refractivity contribution in [3.8, 4) is 5.75 Å². The number of benzene rings is 2. The molecule has 0 saturated heterocycles. The number of carbonyl (C=O) groups is 1. The number of aromatic hydroxyl groups is 1. The minimum Gasteiger partial charge on any atom is -0.508 e. The average molecular weight is 332 g/mol. The highest BCUT2D eigenvalue weighted by Gasteiger charge is 2.14. The van der Waals surface area contributed by atoms with Gasteiger partial charge in [-0.1, -0.05) is 24.3 Å². The molecular weight excluding hydrogens is 311 g/mol. The number of urea groups is 1. The number of nitrogens with one attached hydrogen (secondary N) is 2. The van der Waals surface area contributed by atoms with E-state index in [0.29, 0.717) is 0 Å². The Labute approximate surface area is 140 Å². The second-order valence-electron chi connectivity index (χ2n) is 5.45. The van der Waals surface area contributed by atoms with Gasteiger partial charge in [-0.15, -0.1) is 0 Å². The molecule has 6 heteroatoms. The number of hydrogen-bond acceptors (Lipinski definition) is 3. The third kappa shape index (κ3) is 4.96. The third-order valence-corrected chi connectivity index (χ3v) is 3.69. The van der Waals surface area contributed by atoms with Gasteiger partial charge in [-0.05, 0) is 42.3 Å². The molecule has 2 amide bonds. The number of carbonyl (C=O) groups excluding carboxylic acids is 1. The van der Waals surface area contributed by atoms with Crippen LogP contribution in [0.25, 0.3) is 0 Å². The Morgan fingerprint density at radius 1 is 1.21 bits per heavy atom. The maximum atomic E-state index is 13.0. The summed E-state index contributed by atoms with van der Waals surface area (Å²) in [6.45, 7) is 2.07. The van der Waals surface area contributed by atoms with Crippen LogP contribution in [0.15, 0.2) is 48.5 Å². The van der Waals surface area contributed by atoms with Gasteiger partial charge in [0.2, 0.25) is 0 Å². The van der Waals surface area contributed by atoms with E-state index in [1.807, 2.05) is 13.0 Å². The van der Waals surface area contributed by atoms with E-state index >= 15 is 0 Å². The molecule has 0 spiro atoms. The van der Waals surface area contributed by atoms with Crippen LogP contribution in [0.4, 0.5) is 9.18 Å². The van der Waals surface area contributed by atoms with Gasteiger partial charge in [0.1, 0.15) is 11.6 Å². The number of rotatable bonds is 6. The van der Waals surface area contributed by atoms with Crippen LogP contribution < -0.4 is 10.6 Å². The van der Waals surface area contributed by atoms with Crippen LogP contribution in [0.2, 0.25) is 0 Å². The first-order valence-corrected chi connectivity index (χ1v) is 7.61. The van der Waals surface area contributed by atoms with Crippen molar-refractivity contribution in [2.24, 2.45) is 0 Å². The van der Waals surface area contributed by atoms with Gasteiger partial charge >= 0.3 is 6.03 Å². The first-order valence-electron chi connectivity index (χ1n) is 7.61. The van der Waals surface area contributed by atoms with E-state index in [9.17, 15) is 14.3 Å². The molecule has 2 atom stereocenters. The number of ether oxygens (including phenoxy) is 1. The van der Waals surface area contributed by atoms with Crippen molar-refractivity contribution in [2.45, 2.75) is 19.1 Å². The van der Waals surface area contributed by atoms with Crippen LogP contribution in [0, 0.1) is 5.82 Å². The smallest absolute Gasteiger partial charge is 0.315 e. The number of amides is 2. The molecule has 0 bridgehead atoms.